The highest BCUT2D eigenvalue weighted by atomic mass is 32.1. The third kappa shape index (κ3) is 6.72. The van der Waals surface area contributed by atoms with E-state index < -0.39 is 42.0 Å². The first-order chi connectivity index (χ1) is 18.4. The van der Waals surface area contributed by atoms with Crippen LogP contribution in [0.5, 0.6) is 0 Å². The number of carboxylic acids is 1. The Morgan fingerprint density at radius 3 is 2.42 bits per heavy atom. The van der Waals surface area contributed by atoms with Crippen LogP contribution in [0, 0.1) is 0 Å². The highest BCUT2D eigenvalue weighted by molar-refractivity contribution is 7.80. The summed E-state index contributed by atoms with van der Waals surface area (Å²) >= 11 is 4.02. The standard InChI is InChI=1S/C25H31N7O5S/c33-22(18-6-3-7-27-18)31-20(9-15-11-26-13-29-15)24(35)30-19(23(34)32-21(12-38)25(36)37)8-14-10-28-17-5-2-1-4-16(14)17/h1-2,4-5,10-11,13,18-21,27-28,38H,3,6-9,12H2,(H,26,29)(H,30,35)(H,31,33)(H,32,34)(H,36,37). The van der Waals surface area contributed by atoms with Crippen molar-refractivity contribution in [2.75, 3.05) is 12.3 Å². The van der Waals surface area contributed by atoms with Crippen LogP contribution in [-0.4, -0.2) is 80.2 Å². The van der Waals surface area contributed by atoms with Gasteiger partial charge in [-0.25, -0.2) is 9.78 Å². The van der Waals surface area contributed by atoms with Gasteiger partial charge in [-0.2, -0.15) is 12.6 Å². The first kappa shape index (κ1) is 27.2. The van der Waals surface area contributed by atoms with Gasteiger partial charge in [0.05, 0.1) is 12.4 Å². The minimum absolute atomic E-state index is 0.0927. The van der Waals surface area contributed by atoms with E-state index in [1.807, 2.05) is 24.3 Å². The summed E-state index contributed by atoms with van der Waals surface area (Å²) in [6.45, 7) is 0.720. The number of carbonyl (C=O) groups excluding carboxylic acids is 3. The van der Waals surface area contributed by atoms with Crippen LogP contribution in [0.15, 0.2) is 43.0 Å². The lowest BCUT2D eigenvalue weighted by Crippen LogP contribution is -2.58. The summed E-state index contributed by atoms with van der Waals surface area (Å²) in [5.74, 6) is -2.92. The van der Waals surface area contributed by atoms with E-state index in [1.165, 1.54) is 6.33 Å². The molecule has 4 unspecified atom stereocenters. The molecular weight excluding hydrogens is 510 g/mol. The topological polar surface area (TPSA) is 181 Å². The molecule has 0 radical (unpaired) electrons. The van der Waals surface area contributed by atoms with E-state index in [1.54, 1.807) is 12.4 Å². The minimum Gasteiger partial charge on any atom is -0.480 e. The Hall–Kier alpha value is -3.84. The van der Waals surface area contributed by atoms with Crippen molar-refractivity contribution in [1.29, 1.82) is 0 Å². The fourth-order valence-electron chi connectivity index (χ4n) is 4.47. The zero-order valence-electron chi connectivity index (χ0n) is 20.6. The number of carboxylic acid groups (broad SMARTS) is 1. The molecule has 0 aliphatic carbocycles. The fourth-order valence-corrected chi connectivity index (χ4v) is 4.71. The molecule has 7 N–H and O–H groups in total. The number of nitrogens with one attached hydrogen (secondary N) is 6. The van der Waals surface area contributed by atoms with Gasteiger partial charge in [0.2, 0.25) is 17.7 Å². The number of aromatic amines is 2. The van der Waals surface area contributed by atoms with Crippen LogP contribution < -0.4 is 21.3 Å². The van der Waals surface area contributed by atoms with E-state index in [-0.39, 0.29) is 24.5 Å². The van der Waals surface area contributed by atoms with Crippen molar-refractivity contribution in [3.05, 3.63) is 54.2 Å². The number of nitrogens with zero attached hydrogens (tertiary/aromatic N) is 1. The second-order valence-corrected chi connectivity index (χ2v) is 9.56. The zero-order chi connectivity index (χ0) is 27.1. The smallest absolute Gasteiger partial charge is 0.327 e. The molecule has 202 valence electrons. The predicted octanol–water partition coefficient (Wildman–Crippen LogP) is -0.103. The molecule has 1 saturated heterocycles. The maximum absolute atomic E-state index is 13.5. The van der Waals surface area contributed by atoms with Gasteiger partial charge >= 0.3 is 5.97 Å². The Morgan fingerprint density at radius 1 is 1.03 bits per heavy atom. The van der Waals surface area contributed by atoms with Crippen molar-refractivity contribution in [3.63, 3.8) is 0 Å². The van der Waals surface area contributed by atoms with Crippen molar-refractivity contribution in [1.82, 2.24) is 36.2 Å². The molecule has 2 aromatic heterocycles. The maximum Gasteiger partial charge on any atom is 0.327 e. The van der Waals surface area contributed by atoms with E-state index in [4.69, 9.17) is 0 Å². The molecule has 0 spiro atoms. The zero-order valence-corrected chi connectivity index (χ0v) is 21.5. The summed E-state index contributed by atoms with van der Waals surface area (Å²) in [6, 6.07) is 3.77. The minimum atomic E-state index is -1.24. The molecule has 1 fully saturated rings. The van der Waals surface area contributed by atoms with Crippen LogP contribution in [0.4, 0.5) is 0 Å². The van der Waals surface area contributed by atoms with Gasteiger partial charge < -0.3 is 36.3 Å². The van der Waals surface area contributed by atoms with Crippen molar-refractivity contribution in [3.8, 4) is 0 Å². The number of amides is 3. The van der Waals surface area contributed by atoms with Gasteiger partial charge in [-0.3, -0.25) is 14.4 Å². The normalized spacial score (nSPS) is 17.4. The van der Waals surface area contributed by atoms with Gasteiger partial charge in [-0.05, 0) is 31.0 Å². The number of fused-ring (bicyclic) bond motifs is 1. The first-order valence-corrected chi connectivity index (χ1v) is 13.0. The Balaban J connectivity index is 1.56. The molecule has 0 bridgehead atoms. The van der Waals surface area contributed by atoms with Crippen LogP contribution in [0.25, 0.3) is 10.9 Å². The third-order valence-corrected chi connectivity index (χ3v) is 6.88. The van der Waals surface area contributed by atoms with Crippen molar-refractivity contribution in [2.24, 2.45) is 0 Å². The number of para-hydroxylation sites is 1. The largest absolute Gasteiger partial charge is 0.480 e. The Labute approximate surface area is 224 Å². The molecule has 3 amide bonds. The van der Waals surface area contributed by atoms with E-state index >= 15 is 0 Å². The Kier molecular flexibility index (Phi) is 9.02. The maximum atomic E-state index is 13.5. The molecule has 1 aliphatic rings. The number of carbonyl (C=O) groups is 4. The quantitative estimate of drug-likeness (QED) is 0.147. The molecule has 38 heavy (non-hydrogen) atoms. The number of benzene rings is 1. The predicted molar refractivity (Wildman–Crippen MR) is 143 cm³/mol. The van der Waals surface area contributed by atoms with Gasteiger partial charge in [0.1, 0.15) is 18.1 Å². The van der Waals surface area contributed by atoms with E-state index in [9.17, 15) is 24.3 Å². The number of thiol groups is 1. The summed E-state index contributed by atoms with van der Waals surface area (Å²) in [5, 5.41) is 21.4. The van der Waals surface area contributed by atoms with Gasteiger partial charge in [-0.1, -0.05) is 18.2 Å². The van der Waals surface area contributed by atoms with Crippen molar-refractivity contribution < 1.29 is 24.3 Å². The van der Waals surface area contributed by atoms with E-state index in [0.717, 1.165) is 29.4 Å². The number of aromatic nitrogens is 3. The van der Waals surface area contributed by atoms with Gasteiger partial charge in [0.25, 0.3) is 0 Å². The lowest BCUT2D eigenvalue weighted by Gasteiger charge is -2.25. The summed E-state index contributed by atoms with van der Waals surface area (Å²) in [4.78, 5) is 61.1. The number of imidazole rings is 1. The van der Waals surface area contributed by atoms with Gasteiger partial charge in [-0.15, -0.1) is 0 Å². The lowest BCUT2D eigenvalue weighted by atomic mass is 10.0. The number of hydrogen-bond donors (Lipinski definition) is 8. The Bertz CT molecular complexity index is 1270. The average molecular weight is 542 g/mol. The van der Waals surface area contributed by atoms with Crippen molar-refractivity contribution in [2.45, 2.75) is 49.9 Å². The molecule has 1 aliphatic heterocycles. The third-order valence-electron chi connectivity index (χ3n) is 6.52. The van der Waals surface area contributed by atoms with Gasteiger partial charge in [0, 0.05) is 47.6 Å². The molecule has 1 aromatic carbocycles. The molecule has 13 heteroatoms. The number of hydrogen-bond acceptors (Lipinski definition) is 7. The second kappa shape index (κ2) is 12.6. The molecule has 3 aromatic rings. The van der Waals surface area contributed by atoms with E-state index in [2.05, 4.69) is 48.8 Å². The number of aliphatic carboxylic acids is 1. The molecule has 12 nitrogen and oxygen atoms in total. The highest BCUT2D eigenvalue weighted by Crippen LogP contribution is 2.19. The number of H-pyrrole nitrogens is 2. The lowest BCUT2D eigenvalue weighted by molar-refractivity contribution is -0.141. The Morgan fingerprint density at radius 2 is 1.76 bits per heavy atom. The molecule has 4 atom stereocenters. The van der Waals surface area contributed by atoms with Gasteiger partial charge in [0.15, 0.2) is 0 Å². The SMILES string of the molecule is O=C(O)C(CS)NC(=O)C(Cc1c[nH]c2ccccc12)NC(=O)C(Cc1cnc[nH]1)NC(=O)C1CCCN1. The second-order valence-electron chi connectivity index (χ2n) is 9.20. The molecule has 0 saturated carbocycles. The van der Waals surface area contributed by atoms with Crippen molar-refractivity contribution >= 4 is 47.2 Å². The summed E-state index contributed by atoms with van der Waals surface area (Å²) in [6.07, 6.45) is 6.52. The van der Waals surface area contributed by atoms with Crippen LogP contribution >= 0.6 is 12.6 Å². The summed E-state index contributed by atoms with van der Waals surface area (Å²) in [5.41, 5.74) is 2.26. The van der Waals surface area contributed by atoms with Crippen LogP contribution in [0.3, 0.4) is 0 Å². The molecule has 3 heterocycles. The first-order valence-electron chi connectivity index (χ1n) is 12.4. The molecular formula is C25H31N7O5S. The van der Waals surface area contributed by atoms with E-state index in [0.29, 0.717) is 12.1 Å². The average Bonchev–Trinajstić information content (AvgIpc) is 3.69. The monoisotopic (exact) mass is 541 g/mol. The highest BCUT2D eigenvalue weighted by Gasteiger charge is 2.32. The summed E-state index contributed by atoms with van der Waals surface area (Å²) < 4.78 is 0. The summed E-state index contributed by atoms with van der Waals surface area (Å²) in [7, 11) is 0. The van der Waals surface area contributed by atoms with Crippen LogP contribution in [0.2, 0.25) is 0 Å². The van der Waals surface area contributed by atoms with Crippen LogP contribution in [0.1, 0.15) is 24.1 Å². The van der Waals surface area contributed by atoms with Crippen LogP contribution in [-0.2, 0) is 32.0 Å². The fraction of sp³-hybridized carbons (Fsp3) is 0.400. The number of rotatable bonds is 12. The molecule has 4 rings (SSSR count).